The maximum absolute atomic E-state index is 12.1. The van der Waals surface area contributed by atoms with Crippen LogP contribution in [0.4, 0.5) is 0 Å². The molecule has 1 aliphatic heterocycles. The smallest absolute Gasteiger partial charge is 0.194 e. The van der Waals surface area contributed by atoms with Gasteiger partial charge in [-0.25, -0.2) is 0 Å². The molecule has 1 saturated heterocycles. The minimum Gasteiger partial charge on any atom is -0.381 e. The molecule has 5 heteroatoms. The molecule has 1 fully saturated rings. The van der Waals surface area contributed by atoms with E-state index in [2.05, 4.69) is 4.37 Å². The van der Waals surface area contributed by atoms with Crippen LogP contribution in [0.1, 0.15) is 28.2 Å². The van der Waals surface area contributed by atoms with Crippen LogP contribution in [-0.4, -0.2) is 28.9 Å². The monoisotopic (exact) mass is 226 g/mol. The van der Waals surface area contributed by atoms with Crippen molar-refractivity contribution in [3.05, 3.63) is 16.6 Å². The molecule has 1 aromatic heterocycles. The summed E-state index contributed by atoms with van der Waals surface area (Å²) in [4.78, 5) is 12.8. The summed E-state index contributed by atoms with van der Waals surface area (Å²) < 4.78 is 9.31. The van der Waals surface area contributed by atoms with Crippen molar-refractivity contribution in [1.29, 1.82) is 0 Å². The Morgan fingerprint density at radius 2 is 2.27 bits per heavy atom. The molecule has 0 radical (unpaired) electrons. The number of nitrogens with zero attached hydrogens (tertiary/aromatic N) is 1. The first-order chi connectivity index (χ1) is 7.12. The molecule has 15 heavy (non-hydrogen) atoms. The van der Waals surface area contributed by atoms with E-state index < -0.39 is 5.54 Å². The van der Waals surface area contributed by atoms with Crippen molar-refractivity contribution in [2.45, 2.75) is 25.3 Å². The fraction of sp³-hybridized carbons (Fsp3) is 0.600. The Morgan fingerprint density at radius 1 is 1.60 bits per heavy atom. The van der Waals surface area contributed by atoms with Crippen molar-refractivity contribution in [3.63, 3.8) is 0 Å². The number of carbonyl (C=O) groups is 1. The molecule has 2 N–H and O–H groups in total. The molecular weight excluding hydrogens is 212 g/mol. The van der Waals surface area contributed by atoms with Crippen LogP contribution in [0.3, 0.4) is 0 Å². The highest BCUT2D eigenvalue weighted by molar-refractivity contribution is 7.08. The molecule has 0 aromatic carbocycles. The molecule has 1 aromatic rings. The topological polar surface area (TPSA) is 65.2 Å². The molecule has 0 bridgehead atoms. The van der Waals surface area contributed by atoms with Crippen molar-refractivity contribution in [1.82, 2.24) is 4.37 Å². The van der Waals surface area contributed by atoms with Crippen molar-refractivity contribution >= 4 is 17.3 Å². The zero-order valence-corrected chi connectivity index (χ0v) is 9.47. The fourth-order valence-electron chi connectivity index (χ4n) is 1.68. The van der Waals surface area contributed by atoms with Crippen molar-refractivity contribution in [3.8, 4) is 0 Å². The minimum atomic E-state index is -0.739. The Hall–Kier alpha value is -0.780. The van der Waals surface area contributed by atoms with Crippen LogP contribution in [-0.2, 0) is 4.74 Å². The Kier molecular flexibility index (Phi) is 2.86. The van der Waals surface area contributed by atoms with E-state index in [9.17, 15) is 4.79 Å². The van der Waals surface area contributed by atoms with E-state index in [-0.39, 0.29) is 5.78 Å². The lowest BCUT2D eigenvalue weighted by Gasteiger charge is -2.31. The Bertz CT molecular complexity index is 369. The summed E-state index contributed by atoms with van der Waals surface area (Å²) in [5.74, 6) is 0.0106. The first-order valence-corrected chi connectivity index (χ1v) is 5.74. The van der Waals surface area contributed by atoms with Crippen LogP contribution < -0.4 is 5.73 Å². The number of hydrogen-bond acceptors (Lipinski definition) is 5. The Labute approximate surface area is 92.6 Å². The number of aryl methyl sites for hydroxylation is 1. The Morgan fingerprint density at radius 3 is 2.80 bits per heavy atom. The van der Waals surface area contributed by atoms with E-state index in [4.69, 9.17) is 10.5 Å². The van der Waals surface area contributed by atoms with Gasteiger partial charge in [0.1, 0.15) is 0 Å². The van der Waals surface area contributed by atoms with Gasteiger partial charge in [-0.3, -0.25) is 4.79 Å². The number of Topliss-reactive ketones (excluding diaryl/α,β-unsaturated/α-hetero) is 1. The first-order valence-electron chi connectivity index (χ1n) is 4.96. The van der Waals surface area contributed by atoms with Gasteiger partial charge < -0.3 is 10.5 Å². The van der Waals surface area contributed by atoms with Gasteiger partial charge in [-0.2, -0.15) is 4.37 Å². The van der Waals surface area contributed by atoms with E-state index in [1.165, 1.54) is 11.5 Å². The van der Waals surface area contributed by atoms with Crippen molar-refractivity contribution in [2.24, 2.45) is 5.73 Å². The molecule has 0 atom stereocenters. The third-order valence-electron chi connectivity index (χ3n) is 2.69. The van der Waals surface area contributed by atoms with Gasteiger partial charge in [0.05, 0.1) is 16.1 Å². The van der Waals surface area contributed by atoms with Gasteiger partial charge in [0, 0.05) is 13.2 Å². The molecule has 0 amide bonds. The quantitative estimate of drug-likeness (QED) is 0.768. The highest BCUT2D eigenvalue weighted by Crippen LogP contribution is 2.24. The predicted molar refractivity (Wildman–Crippen MR) is 58.2 cm³/mol. The third-order valence-corrected chi connectivity index (χ3v) is 3.57. The summed E-state index contributed by atoms with van der Waals surface area (Å²) in [5, 5.41) is 0. The van der Waals surface area contributed by atoms with Gasteiger partial charge in [-0.15, -0.1) is 0 Å². The number of ether oxygens (including phenoxy) is 1. The first kappa shape index (κ1) is 10.7. The Balaban J connectivity index is 2.19. The predicted octanol–water partition coefficient (Wildman–Crippen LogP) is 1.14. The van der Waals surface area contributed by atoms with Crippen LogP contribution in [0.25, 0.3) is 0 Å². The number of aromatic nitrogens is 1. The molecule has 0 unspecified atom stereocenters. The molecule has 2 rings (SSSR count). The van der Waals surface area contributed by atoms with Crippen molar-refractivity contribution in [2.75, 3.05) is 13.2 Å². The van der Waals surface area contributed by atoms with Crippen LogP contribution in [0.5, 0.6) is 0 Å². The normalized spacial score (nSPS) is 20.1. The number of rotatable bonds is 2. The van der Waals surface area contributed by atoms with Crippen LogP contribution in [0.15, 0.2) is 6.07 Å². The average Bonchev–Trinajstić information content (AvgIpc) is 2.65. The summed E-state index contributed by atoms with van der Waals surface area (Å²) in [6.45, 7) is 3.01. The van der Waals surface area contributed by atoms with E-state index in [0.29, 0.717) is 30.9 Å². The lowest BCUT2D eigenvalue weighted by molar-refractivity contribution is 0.0450. The van der Waals surface area contributed by atoms with Gasteiger partial charge in [0.25, 0.3) is 0 Å². The second kappa shape index (κ2) is 4.00. The van der Waals surface area contributed by atoms with Gasteiger partial charge in [-0.05, 0) is 37.4 Å². The number of nitrogens with two attached hydrogens (primary N) is 1. The molecule has 1 aliphatic rings. The van der Waals surface area contributed by atoms with Gasteiger partial charge in [0.15, 0.2) is 5.78 Å². The zero-order valence-electron chi connectivity index (χ0n) is 8.66. The van der Waals surface area contributed by atoms with E-state index >= 15 is 0 Å². The molecule has 82 valence electrons. The molecule has 0 aliphatic carbocycles. The molecule has 2 heterocycles. The maximum Gasteiger partial charge on any atom is 0.194 e. The summed E-state index contributed by atoms with van der Waals surface area (Å²) in [6.07, 6.45) is 1.20. The van der Waals surface area contributed by atoms with E-state index in [1.54, 1.807) is 6.07 Å². The summed E-state index contributed by atoms with van der Waals surface area (Å²) >= 11 is 1.23. The van der Waals surface area contributed by atoms with Crippen LogP contribution in [0.2, 0.25) is 0 Å². The summed E-state index contributed by atoms with van der Waals surface area (Å²) in [5.41, 5.74) is 6.23. The van der Waals surface area contributed by atoms with Gasteiger partial charge in [-0.1, -0.05) is 0 Å². The van der Waals surface area contributed by atoms with Crippen LogP contribution >= 0.6 is 11.5 Å². The summed E-state index contributed by atoms with van der Waals surface area (Å²) in [6, 6.07) is 1.80. The number of carbonyl (C=O) groups excluding carboxylic acids is 1. The van der Waals surface area contributed by atoms with E-state index in [0.717, 1.165) is 5.69 Å². The summed E-state index contributed by atoms with van der Waals surface area (Å²) in [7, 11) is 0. The molecule has 0 spiro atoms. The average molecular weight is 226 g/mol. The maximum atomic E-state index is 12.1. The van der Waals surface area contributed by atoms with Crippen LogP contribution in [0, 0.1) is 6.92 Å². The number of hydrogen-bond donors (Lipinski definition) is 1. The zero-order chi connectivity index (χ0) is 10.9. The number of ketones is 1. The highest BCUT2D eigenvalue weighted by atomic mass is 32.1. The minimum absolute atomic E-state index is 0.0106. The third kappa shape index (κ3) is 2.09. The second-order valence-electron chi connectivity index (χ2n) is 3.93. The highest BCUT2D eigenvalue weighted by Gasteiger charge is 2.37. The second-order valence-corrected chi connectivity index (χ2v) is 4.74. The lowest BCUT2D eigenvalue weighted by atomic mass is 9.86. The van der Waals surface area contributed by atoms with Gasteiger partial charge >= 0.3 is 0 Å². The molecule has 4 nitrogen and oxygen atoms in total. The molecule has 0 saturated carbocycles. The standard InChI is InChI=1S/C10H14N2O2S/c1-7-6-8(15-12-7)9(13)10(11)2-4-14-5-3-10/h6H,2-5,11H2,1H3. The van der Waals surface area contributed by atoms with Crippen molar-refractivity contribution < 1.29 is 9.53 Å². The lowest BCUT2D eigenvalue weighted by Crippen LogP contribution is -2.51. The van der Waals surface area contributed by atoms with Gasteiger partial charge in [0.2, 0.25) is 0 Å². The molecular formula is C10H14N2O2S. The van der Waals surface area contributed by atoms with E-state index in [1.807, 2.05) is 6.92 Å². The fourth-order valence-corrected chi connectivity index (χ4v) is 2.48. The largest absolute Gasteiger partial charge is 0.381 e. The SMILES string of the molecule is Cc1cc(C(=O)C2(N)CCOCC2)sn1.